The van der Waals surface area contributed by atoms with Gasteiger partial charge in [-0.05, 0) is 60.9 Å². The Labute approximate surface area is 176 Å². The van der Waals surface area contributed by atoms with Crippen molar-refractivity contribution in [2.75, 3.05) is 31.1 Å². The van der Waals surface area contributed by atoms with Crippen LogP contribution in [0.15, 0.2) is 12.4 Å². The molecule has 1 atom stereocenters. The molecule has 0 radical (unpaired) electrons. The zero-order chi connectivity index (χ0) is 21.2. The van der Waals surface area contributed by atoms with Crippen molar-refractivity contribution in [3.8, 4) is 0 Å². The second kappa shape index (κ2) is 8.88. The van der Waals surface area contributed by atoms with Crippen LogP contribution in [-0.4, -0.2) is 71.5 Å². The van der Waals surface area contributed by atoms with Gasteiger partial charge in [0.1, 0.15) is 0 Å². The minimum Gasteiger partial charge on any atom is -0.399 e. The highest BCUT2D eigenvalue weighted by molar-refractivity contribution is 6.61. The molecule has 0 amide bonds. The minimum absolute atomic E-state index is 0.319. The van der Waals surface area contributed by atoms with Gasteiger partial charge in [-0.3, -0.25) is 4.90 Å². The Morgan fingerprint density at radius 2 is 1.79 bits per heavy atom. The van der Waals surface area contributed by atoms with Gasteiger partial charge in [-0.15, -0.1) is 0 Å². The maximum Gasteiger partial charge on any atom is 0.498 e. The van der Waals surface area contributed by atoms with Crippen LogP contribution in [0.2, 0.25) is 0 Å². The van der Waals surface area contributed by atoms with Crippen LogP contribution < -0.4 is 16.1 Å². The topological polar surface area (TPSA) is 76.7 Å². The molecular formula is C21H38BN5O2. The first-order chi connectivity index (χ1) is 13.6. The van der Waals surface area contributed by atoms with Gasteiger partial charge in [-0.1, -0.05) is 6.42 Å². The maximum atomic E-state index is 6.13. The monoisotopic (exact) mass is 403 g/mol. The van der Waals surface area contributed by atoms with E-state index < -0.39 is 7.12 Å². The van der Waals surface area contributed by atoms with Crippen LogP contribution >= 0.6 is 0 Å². The second-order valence-corrected chi connectivity index (χ2v) is 9.63. The summed E-state index contributed by atoms with van der Waals surface area (Å²) in [6.07, 6.45) is 7.43. The highest BCUT2D eigenvalue weighted by atomic mass is 16.7. The zero-order valence-corrected chi connectivity index (χ0v) is 19.0. The number of hydrogen-bond donors (Lipinski definition) is 1. The van der Waals surface area contributed by atoms with Gasteiger partial charge in [0, 0.05) is 49.6 Å². The van der Waals surface area contributed by atoms with Crippen LogP contribution in [0.4, 0.5) is 5.95 Å². The van der Waals surface area contributed by atoms with Gasteiger partial charge >= 0.3 is 7.12 Å². The van der Waals surface area contributed by atoms with Gasteiger partial charge in [0.15, 0.2) is 0 Å². The van der Waals surface area contributed by atoms with Crippen molar-refractivity contribution < 1.29 is 9.31 Å². The van der Waals surface area contributed by atoms with Crippen molar-refractivity contribution in [1.82, 2.24) is 14.9 Å². The summed E-state index contributed by atoms with van der Waals surface area (Å²) >= 11 is 0. The molecule has 0 aromatic carbocycles. The Bertz CT molecular complexity index is 650. The van der Waals surface area contributed by atoms with E-state index in [2.05, 4.69) is 61.3 Å². The summed E-state index contributed by atoms with van der Waals surface area (Å²) < 4.78 is 12.3. The smallest absolute Gasteiger partial charge is 0.399 e. The number of likely N-dealkylation sites (tertiary alicyclic amines) is 1. The first-order valence-electron chi connectivity index (χ1n) is 11.0. The summed E-state index contributed by atoms with van der Waals surface area (Å²) in [5, 5.41) is 0. The molecule has 1 aromatic rings. The van der Waals surface area contributed by atoms with Crippen molar-refractivity contribution in [3.05, 3.63) is 12.4 Å². The van der Waals surface area contributed by atoms with Crippen molar-refractivity contribution >= 4 is 18.5 Å². The van der Waals surface area contributed by atoms with Gasteiger partial charge in [0.2, 0.25) is 5.95 Å². The Kier molecular flexibility index (Phi) is 6.88. The molecule has 0 saturated carbocycles. The number of hydrogen-bond acceptors (Lipinski definition) is 7. The summed E-state index contributed by atoms with van der Waals surface area (Å²) in [6, 6.07) is 0.820. The molecule has 7 nitrogen and oxygen atoms in total. The number of piperidine rings is 1. The Morgan fingerprint density at radius 1 is 1.17 bits per heavy atom. The molecule has 3 heterocycles. The van der Waals surface area contributed by atoms with Crippen LogP contribution in [-0.2, 0) is 9.31 Å². The van der Waals surface area contributed by atoms with Crippen LogP contribution in [0, 0.1) is 0 Å². The fraction of sp³-hybridized carbons (Fsp3) is 0.810. The Balaban J connectivity index is 1.72. The maximum absolute atomic E-state index is 6.13. The molecule has 8 heteroatoms. The van der Waals surface area contributed by atoms with Crippen LogP contribution in [0.25, 0.3) is 0 Å². The first kappa shape index (κ1) is 22.5. The van der Waals surface area contributed by atoms with Crippen molar-refractivity contribution in [2.24, 2.45) is 5.73 Å². The third-order valence-electron chi connectivity index (χ3n) is 6.64. The Hall–Kier alpha value is -1.22. The molecule has 2 aliphatic rings. The number of nitrogens with zero attached hydrogens (tertiary/aromatic N) is 4. The zero-order valence-electron chi connectivity index (χ0n) is 19.0. The molecule has 0 unspecified atom stereocenters. The van der Waals surface area contributed by atoms with E-state index in [1.807, 2.05) is 12.4 Å². The fourth-order valence-corrected chi connectivity index (χ4v) is 4.06. The summed E-state index contributed by atoms with van der Waals surface area (Å²) in [4.78, 5) is 14.2. The molecule has 1 aromatic heterocycles. The molecule has 0 bridgehead atoms. The predicted octanol–water partition coefficient (Wildman–Crippen LogP) is 1.80. The van der Waals surface area contributed by atoms with Gasteiger partial charge in [0.25, 0.3) is 0 Å². The molecule has 2 fully saturated rings. The van der Waals surface area contributed by atoms with E-state index in [4.69, 9.17) is 15.0 Å². The van der Waals surface area contributed by atoms with Crippen LogP contribution in [0.1, 0.15) is 60.8 Å². The van der Waals surface area contributed by atoms with Crippen molar-refractivity contribution in [2.45, 2.75) is 84.1 Å². The van der Waals surface area contributed by atoms with Gasteiger partial charge < -0.3 is 19.9 Å². The lowest BCUT2D eigenvalue weighted by Gasteiger charge is -2.39. The SMILES string of the molecule is CC(C)N(C[C@@H]1CCCCN1CCN)c1ncc(B2OC(C)(C)C(C)(C)O2)cn1. The van der Waals surface area contributed by atoms with E-state index in [9.17, 15) is 0 Å². The Morgan fingerprint density at radius 3 is 2.34 bits per heavy atom. The number of anilines is 1. The van der Waals surface area contributed by atoms with E-state index in [0.717, 1.165) is 31.0 Å². The van der Waals surface area contributed by atoms with Crippen molar-refractivity contribution in [3.63, 3.8) is 0 Å². The quantitative estimate of drug-likeness (QED) is 0.696. The van der Waals surface area contributed by atoms with Crippen molar-refractivity contribution in [1.29, 1.82) is 0 Å². The van der Waals surface area contributed by atoms with E-state index in [1.165, 1.54) is 19.3 Å². The highest BCUT2D eigenvalue weighted by Gasteiger charge is 2.52. The lowest BCUT2D eigenvalue weighted by atomic mass is 9.81. The molecular weight excluding hydrogens is 365 g/mol. The third kappa shape index (κ3) is 4.93. The standard InChI is InChI=1S/C21H38BN5O2/c1-16(2)27(15-18-9-7-8-11-26(18)12-10-23)19-24-13-17(14-25-19)22-28-20(3,4)21(5,6)29-22/h13-14,16,18H,7-12,15,23H2,1-6H3/t18-/m0/s1. The average Bonchev–Trinajstić information content (AvgIpc) is 2.88. The lowest BCUT2D eigenvalue weighted by molar-refractivity contribution is 0.00578. The molecule has 0 aliphatic carbocycles. The first-order valence-corrected chi connectivity index (χ1v) is 11.0. The predicted molar refractivity (Wildman–Crippen MR) is 118 cm³/mol. The van der Waals surface area contributed by atoms with E-state index in [-0.39, 0.29) is 11.2 Å². The summed E-state index contributed by atoms with van der Waals surface area (Å²) in [6.45, 7) is 16.3. The lowest BCUT2D eigenvalue weighted by Crippen LogP contribution is -2.50. The average molecular weight is 403 g/mol. The molecule has 162 valence electrons. The largest absolute Gasteiger partial charge is 0.498 e. The number of aromatic nitrogens is 2. The summed E-state index contributed by atoms with van der Waals surface area (Å²) in [5.41, 5.74) is 5.96. The number of rotatable bonds is 7. The molecule has 29 heavy (non-hydrogen) atoms. The van der Waals surface area contributed by atoms with Gasteiger partial charge in [-0.25, -0.2) is 9.97 Å². The third-order valence-corrected chi connectivity index (χ3v) is 6.64. The highest BCUT2D eigenvalue weighted by Crippen LogP contribution is 2.36. The van der Waals surface area contributed by atoms with E-state index in [0.29, 0.717) is 18.6 Å². The van der Waals surface area contributed by atoms with E-state index >= 15 is 0 Å². The molecule has 2 N–H and O–H groups in total. The summed E-state index contributed by atoms with van der Waals surface area (Å²) in [7, 11) is -0.431. The summed E-state index contributed by atoms with van der Waals surface area (Å²) in [5.74, 6) is 0.763. The minimum atomic E-state index is -0.431. The second-order valence-electron chi connectivity index (χ2n) is 9.63. The molecule has 3 rings (SSSR count). The van der Waals surface area contributed by atoms with E-state index in [1.54, 1.807) is 0 Å². The molecule has 2 saturated heterocycles. The number of nitrogens with two attached hydrogens (primary N) is 1. The van der Waals surface area contributed by atoms with Gasteiger partial charge in [-0.2, -0.15) is 0 Å². The van der Waals surface area contributed by atoms with Gasteiger partial charge in [0.05, 0.1) is 11.2 Å². The normalized spacial score (nSPS) is 24.3. The van der Waals surface area contributed by atoms with Crippen LogP contribution in [0.3, 0.4) is 0 Å². The molecule has 0 spiro atoms. The fourth-order valence-electron chi connectivity index (χ4n) is 4.06. The van der Waals surface area contributed by atoms with Crippen LogP contribution in [0.5, 0.6) is 0 Å². The molecule has 2 aliphatic heterocycles.